The molecule has 1 aliphatic rings. The van der Waals surface area contributed by atoms with E-state index in [-0.39, 0.29) is 29.7 Å². The Bertz CT molecular complexity index is 1530. The van der Waals surface area contributed by atoms with Crippen molar-refractivity contribution in [1.82, 2.24) is 15.6 Å². The Balaban J connectivity index is 1.08. The number of rotatable bonds is 11. The molecule has 0 aromatic heterocycles. The molecule has 4 aromatic carbocycles. The minimum absolute atomic E-state index is 0.0874. The topological polar surface area (TPSA) is 100 Å². The number of nitrogens with one attached hydrogen (secondary N) is 2. The predicted molar refractivity (Wildman–Crippen MR) is 164 cm³/mol. The Kier molecular flexibility index (Phi) is 9.64. The van der Waals surface area contributed by atoms with Gasteiger partial charge in [0.1, 0.15) is 11.1 Å². The second-order valence-electron chi connectivity index (χ2n) is 9.61. The number of hydrogen-bond acceptors (Lipinski definition) is 6. The number of hydrogen-bond donors (Lipinski definition) is 2. The van der Waals surface area contributed by atoms with Gasteiger partial charge in [0.05, 0.1) is 12.0 Å². The second-order valence-corrected chi connectivity index (χ2v) is 10.7. The summed E-state index contributed by atoms with van der Waals surface area (Å²) in [4.78, 5) is 39.1. The average molecular weight is 579 g/mol. The third kappa shape index (κ3) is 7.86. The predicted octanol–water partition coefficient (Wildman–Crippen LogP) is 4.92. The van der Waals surface area contributed by atoms with Crippen LogP contribution in [0.25, 0.3) is 0 Å². The summed E-state index contributed by atoms with van der Waals surface area (Å²) in [5.41, 5.74) is 6.84. The zero-order valence-electron chi connectivity index (χ0n) is 22.8. The number of carbonyl (C=O) groups is 3. The fourth-order valence-electron chi connectivity index (χ4n) is 4.36. The van der Waals surface area contributed by atoms with E-state index < -0.39 is 0 Å². The summed E-state index contributed by atoms with van der Waals surface area (Å²) in [5, 5.41) is 6.78. The average Bonchev–Trinajstić information content (AvgIpc) is 3.40. The number of amides is 3. The minimum Gasteiger partial charge on any atom is -0.484 e. The summed E-state index contributed by atoms with van der Waals surface area (Å²) in [6, 6.07) is 33.9. The van der Waals surface area contributed by atoms with E-state index in [4.69, 9.17) is 4.74 Å². The molecule has 42 heavy (non-hydrogen) atoms. The molecule has 0 bridgehead atoms. The molecule has 1 saturated heterocycles. The zero-order valence-corrected chi connectivity index (χ0v) is 23.6. The normalized spacial score (nSPS) is 14.6. The molecule has 212 valence electrons. The maximum Gasteiger partial charge on any atom is 0.271 e. The first-order valence-corrected chi connectivity index (χ1v) is 14.5. The van der Waals surface area contributed by atoms with Crippen LogP contribution in [0.5, 0.6) is 5.75 Å². The van der Waals surface area contributed by atoms with E-state index in [1.165, 1.54) is 6.21 Å². The van der Waals surface area contributed by atoms with Gasteiger partial charge in [-0.1, -0.05) is 72.8 Å². The van der Waals surface area contributed by atoms with Crippen LogP contribution in [0.4, 0.5) is 0 Å². The van der Waals surface area contributed by atoms with E-state index in [1.54, 1.807) is 48.2 Å². The molecule has 0 aliphatic carbocycles. The molecular weight excluding hydrogens is 548 g/mol. The van der Waals surface area contributed by atoms with Crippen molar-refractivity contribution in [1.29, 1.82) is 0 Å². The van der Waals surface area contributed by atoms with E-state index in [0.717, 1.165) is 22.3 Å². The Hall–Kier alpha value is -4.89. The minimum atomic E-state index is -0.337. The molecule has 9 heteroatoms. The third-order valence-corrected chi connectivity index (χ3v) is 7.84. The molecule has 0 saturated carbocycles. The van der Waals surface area contributed by atoms with Crippen molar-refractivity contribution in [3.8, 4) is 5.75 Å². The lowest BCUT2D eigenvalue weighted by Gasteiger charge is -2.24. The number of thioether (sulfide) groups is 1. The highest BCUT2D eigenvalue weighted by molar-refractivity contribution is 8.00. The van der Waals surface area contributed by atoms with Crippen LogP contribution in [-0.4, -0.2) is 41.2 Å². The van der Waals surface area contributed by atoms with Crippen molar-refractivity contribution in [2.24, 2.45) is 5.10 Å². The van der Waals surface area contributed by atoms with Gasteiger partial charge < -0.3 is 15.0 Å². The van der Waals surface area contributed by atoms with Gasteiger partial charge in [0.25, 0.3) is 11.8 Å². The Morgan fingerprint density at radius 3 is 2.24 bits per heavy atom. The first-order valence-electron chi connectivity index (χ1n) is 13.5. The highest BCUT2D eigenvalue weighted by atomic mass is 32.2. The van der Waals surface area contributed by atoms with Crippen LogP contribution in [0.1, 0.15) is 38.0 Å². The highest BCUT2D eigenvalue weighted by Crippen LogP contribution is 2.39. The van der Waals surface area contributed by atoms with Gasteiger partial charge in [-0.2, -0.15) is 5.10 Å². The first-order chi connectivity index (χ1) is 20.5. The summed E-state index contributed by atoms with van der Waals surface area (Å²) >= 11 is 1.59. The van der Waals surface area contributed by atoms with Gasteiger partial charge >= 0.3 is 0 Å². The van der Waals surface area contributed by atoms with E-state index in [0.29, 0.717) is 30.2 Å². The van der Waals surface area contributed by atoms with Crippen LogP contribution in [-0.2, 0) is 22.7 Å². The maximum absolute atomic E-state index is 12.6. The smallest absolute Gasteiger partial charge is 0.271 e. The van der Waals surface area contributed by atoms with Crippen LogP contribution in [0.15, 0.2) is 114 Å². The number of carbonyl (C=O) groups excluding carboxylic acids is 3. The lowest BCUT2D eigenvalue weighted by atomic mass is 10.1. The van der Waals surface area contributed by atoms with Crippen LogP contribution in [0.3, 0.4) is 0 Å². The summed E-state index contributed by atoms with van der Waals surface area (Å²) in [7, 11) is 0. The largest absolute Gasteiger partial charge is 0.484 e. The van der Waals surface area contributed by atoms with E-state index in [2.05, 4.69) is 15.8 Å². The van der Waals surface area contributed by atoms with Gasteiger partial charge in [0, 0.05) is 18.7 Å². The van der Waals surface area contributed by atoms with E-state index in [9.17, 15) is 14.4 Å². The van der Waals surface area contributed by atoms with E-state index >= 15 is 0 Å². The molecule has 1 fully saturated rings. The zero-order chi connectivity index (χ0) is 29.1. The van der Waals surface area contributed by atoms with Crippen LogP contribution < -0.4 is 15.5 Å². The molecule has 1 atom stereocenters. The molecule has 5 rings (SSSR count). The number of nitrogens with zero attached hydrogens (tertiary/aromatic N) is 2. The number of ether oxygens (including phenoxy) is 1. The lowest BCUT2D eigenvalue weighted by molar-refractivity contribution is -0.128. The molecule has 1 aliphatic heterocycles. The van der Waals surface area contributed by atoms with Crippen molar-refractivity contribution in [3.05, 3.63) is 137 Å². The highest BCUT2D eigenvalue weighted by Gasteiger charge is 2.32. The van der Waals surface area contributed by atoms with Crippen molar-refractivity contribution in [2.45, 2.75) is 18.5 Å². The van der Waals surface area contributed by atoms with Crippen molar-refractivity contribution in [3.63, 3.8) is 0 Å². The van der Waals surface area contributed by atoms with Crippen LogP contribution in [0, 0.1) is 0 Å². The summed E-state index contributed by atoms with van der Waals surface area (Å²) in [6.45, 7) is 0.906. The van der Waals surface area contributed by atoms with Gasteiger partial charge in [-0.3, -0.25) is 14.4 Å². The Labute approximate surface area is 248 Å². The molecule has 0 unspecified atom stereocenters. The summed E-state index contributed by atoms with van der Waals surface area (Å²) < 4.78 is 5.55. The third-order valence-electron chi connectivity index (χ3n) is 6.58. The fraction of sp³-hybridized carbons (Fsp3) is 0.152. The SMILES string of the molecule is O=C(COc1ccc(/C=N\NC(=O)c2ccc([C@H]3SCC(=O)N3Cc3ccccc3)cc2)cc1)NCc1ccccc1. The summed E-state index contributed by atoms with van der Waals surface area (Å²) in [6.07, 6.45) is 1.53. The standard InChI is InChI=1S/C33H30N4O4S/c38-30(34-19-24-7-3-1-4-8-24)22-41-29-17-11-25(12-18-29)20-35-36-32(40)27-13-15-28(16-14-27)33-37(31(39)23-42-33)21-26-9-5-2-6-10-26/h1-18,20,33H,19,21-23H2,(H,34,38)(H,36,40)/b35-20-/t33-/m1/s1. The quantitative estimate of drug-likeness (QED) is 0.194. The van der Waals surface area contributed by atoms with Crippen molar-refractivity contribution >= 4 is 35.7 Å². The molecular formula is C33H30N4O4S. The lowest BCUT2D eigenvalue weighted by Crippen LogP contribution is -2.28. The van der Waals surface area contributed by atoms with Crippen molar-refractivity contribution < 1.29 is 19.1 Å². The second kappa shape index (κ2) is 14.1. The molecule has 8 nitrogen and oxygen atoms in total. The van der Waals surface area contributed by atoms with Gasteiger partial charge in [0.15, 0.2) is 6.61 Å². The molecule has 3 amide bonds. The Morgan fingerprint density at radius 2 is 1.55 bits per heavy atom. The first kappa shape index (κ1) is 28.6. The Morgan fingerprint density at radius 1 is 0.881 bits per heavy atom. The number of benzene rings is 4. The molecule has 2 N–H and O–H groups in total. The monoisotopic (exact) mass is 578 g/mol. The van der Waals surface area contributed by atoms with Gasteiger partial charge in [-0.25, -0.2) is 5.43 Å². The fourth-order valence-corrected chi connectivity index (χ4v) is 5.54. The molecule has 0 spiro atoms. The van der Waals surface area contributed by atoms with Crippen LogP contribution in [0.2, 0.25) is 0 Å². The van der Waals surface area contributed by atoms with Crippen molar-refractivity contribution in [2.75, 3.05) is 12.4 Å². The maximum atomic E-state index is 12.6. The van der Waals surface area contributed by atoms with Gasteiger partial charge in [-0.05, 0) is 58.7 Å². The van der Waals surface area contributed by atoms with E-state index in [1.807, 2.05) is 77.7 Å². The molecule has 1 heterocycles. The molecule has 0 radical (unpaired) electrons. The summed E-state index contributed by atoms with van der Waals surface area (Å²) in [5.74, 6) is 0.548. The molecule has 4 aromatic rings. The van der Waals surface area contributed by atoms with Gasteiger partial charge in [0.2, 0.25) is 5.91 Å². The number of hydrazone groups is 1. The van der Waals surface area contributed by atoms with Crippen LogP contribution >= 0.6 is 11.8 Å². The van der Waals surface area contributed by atoms with Gasteiger partial charge in [-0.15, -0.1) is 11.8 Å².